The second-order valence-electron chi connectivity index (χ2n) is 4.08. The van der Waals surface area contributed by atoms with Crippen molar-refractivity contribution in [3.8, 4) is 0 Å². The number of hydrogen-bond donors (Lipinski definition) is 1. The molecule has 0 saturated carbocycles. The van der Waals surface area contributed by atoms with E-state index in [0.717, 1.165) is 25.4 Å². The number of likely N-dealkylation sites (tertiary alicyclic amines) is 1. The van der Waals surface area contributed by atoms with Crippen molar-refractivity contribution in [3.05, 3.63) is 24.2 Å². The molecule has 1 aromatic heterocycles. The molecule has 0 bridgehead atoms. The molecule has 1 aliphatic heterocycles. The van der Waals surface area contributed by atoms with Gasteiger partial charge in [0.2, 0.25) is 0 Å². The van der Waals surface area contributed by atoms with Crippen molar-refractivity contribution in [3.63, 3.8) is 0 Å². The summed E-state index contributed by atoms with van der Waals surface area (Å²) in [6, 6.07) is 4.38. The van der Waals surface area contributed by atoms with E-state index in [0.29, 0.717) is 12.0 Å². The highest BCUT2D eigenvalue weighted by molar-refractivity contribution is 5.04. The molecule has 0 aromatic carbocycles. The van der Waals surface area contributed by atoms with Crippen LogP contribution in [0.15, 0.2) is 22.8 Å². The van der Waals surface area contributed by atoms with Crippen molar-refractivity contribution in [2.45, 2.75) is 19.4 Å². The molecule has 14 heavy (non-hydrogen) atoms. The van der Waals surface area contributed by atoms with Gasteiger partial charge in [-0.15, -0.1) is 0 Å². The van der Waals surface area contributed by atoms with Crippen molar-refractivity contribution in [2.75, 3.05) is 19.6 Å². The Bertz CT molecular complexity index is 271. The van der Waals surface area contributed by atoms with Crippen molar-refractivity contribution < 1.29 is 4.42 Å². The van der Waals surface area contributed by atoms with Crippen LogP contribution in [0.2, 0.25) is 0 Å². The van der Waals surface area contributed by atoms with Crippen LogP contribution in [0.5, 0.6) is 0 Å². The maximum Gasteiger partial charge on any atom is 0.120 e. The topological polar surface area (TPSA) is 42.4 Å². The van der Waals surface area contributed by atoms with Gasteiger partial charge in [-0.3, -0.25) is 4.90 Å². The van der Waals surface area contributed by atoms with Crippen molar-refractivity contribution >= 4 is 0 Å². The fourth-order valence-electron chi connectivity index (χ4n) is 2.12. The van der Waals surface area contributed by atoms with E-state index in [1.807, 2.05) is 12.1 Å². The van der Waals surface area contributed by atoms with Crippen LogP contribution < -0.4 is 5.73 Å². The van der Waals surface area contributed by atoms with Gasteiger partial charge in [-0.2, -0.15) is 0 Å². The highest BCUT2D eigenvalue weighted by Gasteiger charge is 2.26. The van der Waals surface area contributed by atoms with Crippen LogP contribution in [0.25, 0.3) is 0 Å². The minimum Gasteiger partial charge on any atom is -0.468 e. The van der Waals surface area contributed by atoms with Gasteiger partial charge in [-0.1, -0.05) is 0 Å². The molecular weight excluding hydrogens is 176 g/mol. The summed E-state index contributed by atoms with van der Waals surface area (Å²) in [5.41, 5.74) is 5.66. The average molecular weight is 194 g/mol. The summed E-state index contributed by atoms with van der Waals surface area (Å²) in [6.45, 7) is 5.25. The van der Waals surface area contributed by atoms with Crippen LogP contribution in [-0.4, -0.2) is 24.5 Å². The maximum absolute atomic E-state index is 5.66. The van der Waals surface area contributed by atoms with E-state index in [9.17, 15) is 0 Å². The summed E-state index contributed by atoms with van der Waals surface area (Å²) >= 11 is 0. The van der Waals surface area contributed by atoms with E-state index in [1.165, 1.54) is 6.42 Å². The van der Waals surface area contributed by atoms with Crippen LogP contribution >= 0.6 is 0 Å². The van der Waals surface area contributed by atoms with Gasteiger partial charge in [0, 0.05) is 6.54 Å². The molecule has 1 saturated heterocycles. The lowest BCUT2D eigenvalue weighted by atomic mass is 10.1. The fourth-order valence-corrected chi connectivity index (χ4v) is 2.12. The first kappa shape index (κ1) is 9.74. The van der Waals surface area contributed by atoms with E-state index in [4.69, 9.17) is 10.2 Å². The Morgan fingerprint density at radius 1 is 1.71 bits per heavy atom. The van der Waals surface area contributed by atoms with E-state index in [1.54, 1.807) is 6.26 Å². The molecule has 0 amide bonds. The molecule has 78 valence electrons. The largest absolute Gasteiger partial charge is 0.468 e. The van der Waals surface area contributed by atoms with E-state index >= 15 is 0 Å². The number of hydrogen-bond acceptors (Lipinski definition) is 3. The number of nitrogens with zero attached hydrogens (tertiary/aromatic N) is 1. The minimum absolute atomic E-state index is 0.390. The Labute approximate surface area is 84.9 Å². The third-order valence-electron chi connectivity index (χ3n) is 3.15. The second-order valence-corrected chi connectivity index (χ2v) is 4.08. The zero-order valence-corrected chi connectivity index (χ0v) is 8.65. The lowest BCUT2D eigenvalue weighted by Gasteiger charge is -2.22. The number of furan rings is 1. The molecule has 2 atom stereocenters. The van der Waals surface area contributed by atoms with E-state index in [-0.39, 0.29) is 0 Å². The summed E-state index contributed by atoms with van der Waals surface area (Å²) in [7, 11) is 0. The quantitative estimate of drug-likeness (QED) is 0.795. The van der Waals surface area contributed by atoms with Crippen molar-refractivity contribution in [1.82, 2.24) is 4.90 Å². The lowest BCUT2D eigenvalue weighted by Crippen LogP contribution is -2.25. The molecule has 2 unspecified atom stereocenters. The summed E-state index contributed by atoms with van der Waals surface area (Å²) in [6.07, 6.45) is 2.96. The summed E-state index contributed by atoms with van der Waals surface area (Å²) < 4.78 is 5.40. The van der Waals surface area contributed by atoms with Gasteiger partial charge < -0.3 is 10.2 Å². The zero-order chi connectivity index (χ0) is 9.97. The average Bonchev–Trinajstić information content (AvgIpc) is 2.88. The number of rotatable bonds is 3. The molecule has 1 fully saturated rings. The van der Waals surface area contributed by atoms with Gasteiger partial charge in [0.05, 0.1) is 12.3 Å². The van der Waals surface area contributed by atoms with Crippen LogP contribution in [0.4, 0.5) is 0 Å². The Balaban J connectivity index is 1.97. The Morgan fingerprint density at radius 3 is 3.14 bits per heavy atom. The first-order valence-electron chi connectivity index (χ1n) is 5.28. The predicted molar refractivity (Wildman–Crippen MR) is 55.9 cm³/mol. The van der Waals surface area contributed by atoms with Gasteiger partial charge in [0.15, 0.2) is 0 Å². The van der Waals surface area contributed by atoms with Crippen LogP contribution in [0, 0.1) is 5.92 Å². The van der Waals surface area contributed by atoms with E-state index < -0.39 is 0 Å². The smallest absolute Gasteiger partial charge is 0.120 e. The predicted octanol–water partition coefficient (Wildman–Crippen LogP) is 1.62. The molecule has 3 nitrogen and oxygen atoms in total. The third kappa shape index (κ3) is 1.83. The van der Waals surface area contributed by atoms with Crippen molar-refractivity contribution in [2.24, 2.45) is 11.7 Å². The molecule has 3 heteroatoms. The summed E-state index contributed by atoms with van der Waals surface area (Å²) in [4.78, 5) is 2.44. The van der Waals surface area contributed by atoms with Crippen LogP contribution in [0.3, 0.4) is 0 Å². The van der Waals surface area contributed by atoms with Gasteiger partial charge in [0.25, 0.3) is 0 Å². The van der Waals surface area contributed by atoms with Crippen LogP contribution in [0.1, 0.15) is 25.1 Å². The molecule has 2 N–H and O–H groups in total. The first-order valence-corrected chi connectivity index (χ1v) is 5.28. The molecule has 1 aromatic rings. The molecule has 2 heterocycles. The standard InChI is InChI=1S/C11H18N2O/c1-9(11-3-2-6-14-11)13-5-4-10(7-12)8-13/h2-3,6,9-10H,4-5,7-8,12H2,1H3. The third-order valence-corrected chi connectivity index (χ3v) is 3.15. The maximum atomic E-state index is 5.66. The Kier molecular flexibility index (Phi) is 2.89. The van der Waals surface area contributed by atoms with Crippen LogP contribution in [-0.2, 0) is 0 Å². The van der Waals surface area contributed by atoms with Crippen molar-refractivity contribution in [1.29, 1.82) is 0 Å². The summed E-state index contributed by atoms with van der Waals surface area (Å²) in [5.74, 6) is 1.73. The molecular formula is C11H18N2O. The minimum atomic E-state index is 0.390. The molecule has 2 rings (SSSR count). The molecule has 1 aliphatic rings. The second kappa shape index (κ2) is 4.15. The van der Waals surface area contributed by atoms with Gasteiger partial charge in [-0.25, -0.2) is 0 Å². The SMILES string of the molecule is CC(c1ccco1)N1CCC(CN)C1. The van der Waals surface area contributed by atoms with E-state index in [2.05, 4.69) is 11.8 Å². The Morgan fingerprint density at radius 2 is 2.57 bits per heavy atom. The first-order chi connectivity index (χ1) is 6.81. The normalized spacial score (nSPS) is 25.4. The molecule has 0 radical (unpaired) electrons. The monoisotopic (exact) mass is 194 g/mol. The molecule has 0 aliphatic carbocycles. The zero-order valence-electron chi connectivity index (χ0n) is 8.65. The highest BCUT2D eigenvalue weighted by Crippen LogP contribution is 2.26. The summed E-state index contributed by atoms with van der Waals surface area (Å²) in [5, 5.41) is 0. The fraction of sp³-hybridized carbons (Fsp3) is 0.636. The van der Waals surface area contributed by atoms with Gasteiger partial charge in [-0.05, 0) is 44.5 Å². The van der Waals surface area contributed by atoms with Gasteiger partial charge >= 0.3 is 0 Å². The number of nitrogens with two attached hydrogens (primary N) is 1. The highest BCUT2D eigenvalue weighted by atomic mass is 16.3. The van der Waals surface area contributed by atoms with Gasteiger partial charge in [0.1, 0.15) is 5.76 Å². The Hall–Kier alpha value is -0.800. The molecule has 0 spiro atoms. The lowest BCUT2D eigenvalue weighted by molar-refractivity contribution is 0.224.